The van der Waals surface area contributed by atoms with Crippen molar-refractivity contribution in [3.05, 3.63) is 35.9 Å². The van der Waals surface area contributed by atoms with Crippen molar-refractivity contribution in [1.82, 2.24) is 0 Å². The molecular formula is C14H18O2S. The van der Waals surface area contributed by atoms with Gasteiger partial charge in [-0.2, -0.15) is 0 Å². The monoisotopic (exact) mass is 250 g/mol. The molecule has 0 saturated carbocycles. The van der Waals surface area contributed by atoms with Gasteiger partial charge in [-0.1, -0.05) is 30.3 Å². The van der Waals surface area contributed by atoms with Crippen molar-refractivity contribution >= 4 is 17.7 Å². The Hall–Kier alpha value is -0.960. The van der Waals surface area contributed by atoms with Gasteiger partial charge < -0.3 is 5.11 Å². The zero-order chi connectivity index (χ0) is 12.1. The number of carbonyl (C=O) groups is 1. The molecule has 1 saturated heterocycles. The van der Waals surface area contributed by atoms with Crippen LogP contribution in [0.4, 0.5) is 0 Å². The lowest BCUT2D eigenvalue weighted by atomic mass is 9.95. The second-order valence-corrected chi connectivity index (χ2v) is 6.07. The van der Waals surface area contributed by atoms with E-state index in [0.717, 1.165) is 37.9 Å². The van der Waals surface area contributed by atoms with Gasteiger partial charge in [0.25, 0.3) is 0 Å². The molecule has 1 fully saturated rings. The third-order valence-electron chi connectivity index (χ3n) is 3.38. The summed E-state index contributed by atoms with van der Waals surface area (Å²) < 4.78 is -0.491. The van der Waals surface area contributed by atoms with E-state index >= 15 is 0 Å². The molecular weight excluding hydrogens is 232 g/mol. The second kappa shape index (κ2) is 5.58. The molecule has 92 valence electrons. The smallest absolute Gasteiger partial charge is 0.319 e. The first kappa shape index (κ1) is 12.5. The minimum atomic E-state index is -0.618. The fourth-order valence-electron chi connectivity index (χ4n) is 2.39. The molecule has 3 heteroatoms. The van der Waals surface area contributed by atoms with Gasteiger partial charge in [0.1, 0.15) is 4.75 Å². The van der Waals surface area contributed by atoms with Crippen molar-refractivity contribution in [2.75, 3.05) is 5.75 Å². The SMILES string of the molecule is O=C(O)C1(CCCc2ccccc2)CCCS1. The van der Waals surface area contributed by atoms with Gasteiger partial charge in [0.05, 0.1) is 0 Å². The van der Waals surface area contributed by atoms with Crippen molar-refractivity contribution in [3.8, 4) is 0 Å². The number of thioether (sulfide) groups is 1. The Morgan fingerprint density at radius 2 is 2.12 bits per heavy atom. The number of carboxylic acid groups (broad SMARTS) is 1. The van der Waals surface area contributed by atoms with E-state index in [1.807, 2.05) is 18.2 Å². The highest BCUT2D eigenvalue weighted by Crippen LogP contribution is 2.42. The third-order valence-corrected chi connectivity index (χ3v) is 5.01. The first-order valence-corrected chi connectivity index (χ1v) is 7.13. The number of aliphatic carboxylic acids is 1. The van der Waals surface area contributed by atoms with E-state index < -0.39 is 10.7 Å². The highest BCUT2D eigenvalue weighted by molar-refractivity contribution is 8.01. The van der Waals surface area contributed by atoms with Gasteiger partial charge in [-0.25, -0.2) is 0 Å². The summed E-state index contributed by atoms with van der Waals surface area (Å²) in [7, 11) is 0. The number of hydrogen-bond donors (Lipinski definition) is 1. The maximum Gasteiger partial charge on any atom is 0.319 e. The van der Waals surface area contributed by atoms with Gasteiger partial charge in [-0.3, -0.25) is 4.79 Å². The summed E-state index contributed by atoms with van der Waals surface area (Å²) in [4.78, 5) is 11.3. The van der Waals surface area contributed by atoms with Crippen LogP contribution in [-0.2, 0) is 11.2 Å². The molecule has 0 radical (unpaired) electrons. The molecule has 1 heterocycles. The number of benzene rings is 1. The average Bonchev–Trinajstić information content (AvgIpc) is 2.80. The van der Waals surface area contributed by atoms with E-state index in [4.69, 9.17) is 0 Å². The first-order valence-electron chi connectivity index (χ1n) is 6.14. The van der Waals surface area contributed by atoms with E-state index in [0.29, 0.717) is 0 Å². The number of carboxylic acids is 1. The zero-order valence-corrected chi connectivity index (χ0v) is 10.7. The van der Waals surface area contributed by atoms with Crippen LogP contribution in [0.5, 0.6) is 0 Å². The summed E-state index contributed by atoms with van der Waals surface area (Å²) in [5.74, 6) is 0.380. The van der Waals surface area contributed by atoms with Crippen LogP contribution in [0.25, 0.3) is 0 Å². The highest BCUT2D eigenvalue weighted by atomic mass is 32.2. The van der Waals surface area contributed by atoms with E-state index in [9.17, 15) is 9.90 Å². The van der Waals surface area contributed by atoms with E-state index in [-0.39, 0.29) is 0 Å². The maximum absolute atomic E-state index is 11.3. The van der Waals surface area contributed by atoms with Gasteiger partial charge in [-0.15, -0.1) is 11.8 Å². The predicted octanol–water partition coefficient (Wildman–Crippen LogP) is 3.36. The van der Waals surface area contributed by atoms with Crippen molar-refractivity contribution in [1.29, 1.82) is 0 Å². The Bertz CT molecular complexity index is 369. The molecule has 0 amide bonds. The molecule has 0 aliphatic carbocycles. The average molecular weight is 250 g/mol. The van der Waals surface area contributed by atoms with Crippen LogP contribution in [0, 0.1) is 0 Å². The summed E-state index contributed by atoms with van der Waals surface area (Å²) in [5, 5.41) is 9.34. The highest BCUT2D eigenvalue weighted by Gasteiger charge is 2.41. The standard InChI is InChI=1S/C14H18O2S/c15-13(16)14(10-5-11-17-14)9-4-8-12-6-2-1-3-7-12/h1-3,6-7H,4-5,8-11H2,(H,15,16). The van der Waals surface area contributed by atoms with Crippen LogP contribution in [0.2, 0.25) is 0 Å². The minimum absolute atomic E-state index is 0.491. The van der Waals surface area contributed by atoms with Crippen LogP contribution < -0.4 is 0 Å². The van der Waals surface area contributed by atoms with E-state index in [1.54, 1.807) is 11.8 Å². The number of rotatable bonds is 5. The lowest BCUT2D eigenvalue weighted by Crippen LogP contribution is -2.32. The largest absolute Gasteiger partial charge is 0.480 e. The van der Waals surface area contributed by atoms with Gasteiger partial charge in [0, 0.05) is 0 Å². The van der Waals surface area contributed by atoms with Gasteiger partial charge in [-0.05, 0) is 43.4 Å². The Morgan fingerprint density at radius 3 is 2.71 bits per heavy atom. The molecule has 1 atom stereocenters. The topological polar surface area (TPSA) is 37.3 Å². The molecule has 1 aromatic carbocycles. The first-order chi connectivity index (χ1) is 8.23. The number of hydrogen-bond acceptors (Lipinski definition) is 2. The third kappa shape index (κ3) is 3.03. The van der Waals surface area contributed by atoms with Crippen molar-refractivity contribution in [2.45, 2.75) is 36.9 Å². The molecule has 1 unspecified atom stereocenters. The van der Waals surface area contributed by atoms with Gasteiger partial charge in [0.2, 0.25) is 0 Å². The summed E-state index contributed by atoms with van der Waals surface area (Å²) in [6.07, 6.45) is 4.62. The van der Waals surface area contributed by atoms with Crippen molar-refractivity contribution < 1.29 is 9.90 Å². The Morgan fingerprint density at radius 1 is 1.35 bits per heavy atom. The molecule has 0 bridgehead atoms. The lowest BCUT2D eigenvalue weighted by molar-refractivity contribution is -0.140. The maximum atomic E-state index is 11.3. The normalized spacial score (nSPS) is 23.8. The molecule has 1 aliphatic heterocycles. The second-order valence-electron chi connectivity index (χ2n) is 4.59. The molecule has 2 nitrogen and oxygen atoms in total. The van der Waals surface area contributed by atoms with Crippen LogP contribution >= 0.6 is 11.8 Å². The lowest BCUT2D eigenvalue weighted by Gasteiger charge is -2.22. The molecule has 0 aromatic heterocycles. The molecule has 2 rings (SSSR count). The summed E-state index contributed by atoms with van der Waals surface area (Å²) in [6, 6.07) is 10.3. The van der Waals surface area contributed by atoms with Crippen LogP contribution in [0.3, 0.4) is 0 Å². The molecule has 1 aliphatic rings. The van der Waals surface area contributed by atoms with Gasteiger partial charge in [0.15, 0.2) is 0 Å². The quantitative estimate of drug-likeness (QED) is 0.870. The van der Waals surface area contributed by atoms with Crippen LogP contribution in [0.15, 0.2) is 30.3 Å². The number of aryl methyl sites for hydroxylation is 1. The molecule has 1 aromatic rings. The Balaban J connectivity index is 1.87. The summed E-state index contributed by atoms with van der Waals surface area (Å²) in [6.45, 7) is 0. The van der Waals surface area contributed by atoms with E-state index in [1.165, 1.54) is 5.56 Å². The fourth-order valence-corrected chi connectivity index (χ4v) is 3.77. The predicted molar refractivity (Wildman–Crippen MR) is 71.4 cm³/mol. The zero-order valence-electron chi connectivity index (χ0n) is 9.89. The van der Waals surface area contributed by atoms with Crippen LogP contribution in [0.1, 0.15) is 31.2 Å². The summed E-state index contributed by atoms with van der Waals surface area (Å²) in [5.41, 5.74) is 1.30. The Kier molecular flexibility index (Phi) is 4.11. The van der Waals surface area contributed by atoms with Crippen LogP contribution in [-0.4, -0.2) is 21.6 Å². The Labute approximate surface area is 106 Å². The molecule has 1 N–H and O–H groups in total. The summed E-state index contributed by atoms with van der Waals surface area (Å²) >= 11 is 1.63. The van der Waals surface area contributed by atoms with Crippen molar-refractivity contribution in [3.63, 3.8) is 0 Å². The molecule has 0 spiro atoms. The van der Waals surface area contributed by atoms with E-state index in [2.05, 4.69) is 12.1 Å². The fraction of sp³-hybridized carbons (Fsp3) is 0.500. The molecule has 17 heavy (non-hydrogen) atoms. The van der Waals surface area contributed by atoms with Gasteiger partial charge >= 0.3 is 5.97 Å². The van der Waals surface area contributed by atoms with Crippen molar-refractivity contribution in [2.24, 2.45) is 0 Å². The minimum Gasteiger partial charge on any atom is -0.480 e.